The average Bonchev–Trinajstić information content (AvgIpc) is 2.74. The summed E-state index contributed by atoms with van der Waals surface area (Å²) in [6.07, 6.45) is 5.41. The van der Waals surface area contributed by atoms with E-state index >= 15 is 0 Å². The van der Waals surface area contributed by atoms with Crippen molar-refractivity contribution in [1.82, 2.24) is 4.98 Å². The van der Waals surface area contributed by atoms with Crippen molar-refractivity contribution in [2.75, 3.05) is 23.3 Å². The molecule has 0 bridgehead atoms. The van der Waals surface area contributed by atoms with Crippen LogP contribution in [0.1, 0.15) is 30.1 Å². The number of nitro groups is 1. The van der Waals surface area contributed by atoms with Gasteiger partial charge in [-0.1, -0.05) is 19.1 Å². The lowest BCUT2D eigenvalue weighted by Gasteiger charge is -2.31. The van der Waals surface area contributed by atoms with Crippen LogP contribution in [-0.2, 0) is 0 Å². The summed E-state index contributed by atoms with van der Waals surface area (Å²) in [5.41, 5.74) is 1.45. The van der Waals surface area contributed by atoms with Gasteiger partial charge in [-0.3, -0.25) is 19.9 Å². The highest BCUT2D eigenvalue weighted by molar-refractivity contribution is 6.09. The maximum absolute atomic E-state index is 12.8. The number of pyridine rings is 1. The zero-order chi connectivity index (χ0) is 20.4. The largest absolute Gasteiger partial charge is 0.366 e. The third kappa shape index (κ3) is 3.89. The van der Waals surface area contributed by atoms with Gasteiger partial charge in [0.05, 0.1) is 4.92 Å². The lowest BCUT2D eigenvalue weighted by molar-refractivity contribution is -0.384. The fraction of sp³-hybridized carbons (Fsp3) is 0.273. The molecule has 0 radical (unpaired) electrons. The predicted molar refractivity (Wildman–Crippen MR) is 113 cm³/mol. The van der Waals surface area contributed by atoms with E-state index < -0.39 is 4.92 Å². The number of aromatic nitrogens is 1. The molecule has 2 aromatic carbocycles. The molecule has 7 nitrogen and oxygen atoms in total. The summed E-state index contributed by atoms with van der Waals surface area (Å²) in [6.45, 7) is 3.78. The second-order valence-electron chi connectivity index (χ2n) is 7.49. The number of benzene rings is 2. The van der Waals surface area contributed by atoms with Gasteiger partial charge in [-0.05, 0) is 43.0 Å². The monoisotopic (exact) mass is 390 g/mol. The minimum atomic E-state index is -0.409. The van der Waals surface area contributed by atoms with Crippen molar-refractivity contribution >= 4 is 33.7 Å². The molecule has 0 atom stereocenters. The standard InChI is InChI=1S/C22H22N4O3/c1-15-8-11-25(12-9-15)20-6-5-16(13-21(20)26(28)29)22(27)24-19-4-2-3-17-14-23-10-7-18(17)19/h2-7,10,13-15H,8-9,11-12H2,1H3,(H,24,27). The Morgan fingerprint density at radius 3 is 2.76 bits per heavy atom. The van der Waals surface area contributed by atoms with Crippen molar-refractivity contribution in [3.8, 4) is 0 Å². The van der Waals surface area contributed by atoms with Crippen LogP contribution in [0.2, 0.25) is 0 Å². The molecule has 1 aromatic heterocycles. The number of rotatable bonds is 4. The normalized spacial score (nSPS) is 14.7. The van der Waals surface area contributed by atoms with E-state index in [2.05, 4.69) is 17.2 Å². The number of hydrogen-bond acceptors (Lipinski definition) is 5. The van der Waals surface area contributed by atoms with Crippen LogP contribution >= 0.6 is 0 Å². The number of anilines is 2. The second kappa shape index (κ2) is 7.87. The van der Waals surface area contributed by atoms with E-state index in [1.54, 1.807) is 30.6 Å². The fourth-order valence-corrected chi connectivity index (χ4v) is 3.75. The highest BCUT2D eigenvalue weighted by Gasteiger charge is 2.25. The molecule has 1 saturated heterocycles. The summed E-state index contributed by atoms with van der Waals surface area (Å²) in [5.74, 6) is 0.252. The molecule has 0 unspecified atom stereocenters. The molecule has 1 aliphatic rings. The first-order valence-corrected chi connectivity index (χ1v) is 9.70. The molecule has 7 heteroatoms. The minimum absolute atomic E-state index is 0.0330. The highest BCUT2D eigenvalue weighted by Crippen LogP contribution is 2.33. The maximum Gasteiger partial charge on any atom is 0.293 e. The summed E-state index contributed by atoms with van der Waals surface area (Å²) in [4.78, 5) is 30.2. The first-order valence-electron chi connectivity index (χ1n) is 9.70. The number of carbonyl (C=O) groups excluding carboxylic acids is 1. The van der Waals surface area contributed by atoms with Crippen LogP contribution in [0, 0.1) is 16.0 Å². The molecule has 148 valence electrons. The number of piperidine rings is 1. The lowest BCUT2D eigenvalue weighted by atomic mass is 9.98. The first-order chi connectivity index (χ1) is 14.0. The number of carbonyl (C=O) groups is 1. The molecular formula is C22H22N4O3. The van der Waals surface area contributed by atoms with Crippen molar-refractivity contribution in [3.63, 3.8) is 0 Å². The molecular weight excluding hydrogens is 368 g/mol. The topological polar surface area (TPSA) is 88.4 Å². The number of nitrogens with zero attached hydrogens (tertiary/aromatic N) is 3. The molecule has 3 aromatic rings. The Morgan fingerprint density at radius 1 is 1.21 bits per heavy atom. The van der Waals surface area contributed by atoms with Crippen molar-refractivity contribution in [1.29, 1.82) is 0 Å². The third-order valence-corrected chi connectivity index (χ3v) is 5.49. The number of hydrogen-bond donors (Lipinski definition) is 1. The molecule has 1 N–H and O–H groups in total. The van der Waals surface area contributed by atoms with E-state index in [1.807, 2.05) is 23.1 Å². The van der Waals surface area contributed by atoms with Gasteiger partial charge < -0.3 is 10.2 Å². The first kappa shape index (κ1) is 18.9. The van der Waals surface area contributed by atoms with Crippen LogP contribution in [0.4, 0.5) is 17.1 Å². The van der Waals surface area contributed by atoms with E-state index in [9.17, 15) is 14.9 Å². The third-order valence-electron chi connectivity index (χ3n) is 5.49. The van der Waals surface area contributed by atoms with Crippen LogP contribution < -0.4 is 10.2 Å². The van der Waals surface area contributed by atoms with Gasteiger partial charge in [-0.15, -0.1) is 0 Å². The van der Waals surface area contributed by atoms with Crippen LogP contribution in [0.25, 0.3) is 10.8 Å². The lowest BCUT2D eigenvalue weighted by Crippen LogP contribution is -2.33. The Bertz CT molecular complexity index is 1070. The van der Waals surface area contributed by atoms with E-state index in [-0.39, 0.29) is 17.2 Å². The van der Waals surface area contributed by atoms with Crippen molar-refractivity contribution in [2.45, 2.75) is 19.8 Å². The van der Waals surface area contributed by atoms with Crippen molar-refractivity contribution < 1.29 is 9.72 Å². The highest BCUT2D eigenvalue weighted by atomic mass is 16.6. The Kier molecular flexibility index (Phi) is 5.12. The molecule has 4 rings (SSSR count). The summed E-state index contributed by atoms with van der Waals surface area (Å²) in [6, 6.07) is 12.1. The molecule has 0 aliphatic carbocycles. The molecule has 1 amide bonds. The minimum Gasteiger partial charge on any atom is -0.366 e. The molecule has 2 heterocycles. The summed E-state index contributed by atoms with van der Waals surface area (Å²) in [7, 11) is 0. The van der Waals surface area contributed by atoms with E-state index in [1.165, 1.54) is 6.07 Å². The van der Waals surface area contributed by atoms with Gasteiger partial charge in [-0.25, -0.2) is 0 Å². The van der Waals surface area contributed by atoms with Crippen LogP contribution in [0.3, 0.4) is 0 Å². The van der Waals surface area contributed by atoms with Crippen LogP contribution in [0.15, 0.2) is 54.9 Å². The Morgan fingerprint density at radius 2 is 2.00 bits per heavy atom. The molecule has 1 fully saturated rings. The van der Waals surface area contributed by atoms with Gasteiger partial charge in [0.2, 0.25) is 0 Å². The second-order valence-corrected chi connectivity index (χ2v) is 7.49. The van der Waals surface area contributed by atoms with Crippen LogP contribution in [0.5, 0.6) is 0 Å². The Labute approximate surface area is 168 Å². The summed E-state index contributed by atoms with van der Waals surface area (Å²) >= 11 is 0. The number of fused-ring (bicyclic) bond motifs is 1. The Hall–Kier alpha value is -3.48. The molecule has 29 heavy (non-hydrogen) atoms. The fourth-order valence-electron chi connectivity index (χ4n) is 3.75. The Balaban J connectivity index is 1.62. The summed E-state index contributed by atoms with van der Waals surface area (Å²) < 4.78 is 0. The quantitative estimate of drug-likeness (QED) is 0.518. The van der Waals surface area contributed by atoms with E-state index in [0.717, 1.165) is 36.7 Å². The molecule has 1 aliphatic heterocycles. The smallest absolute Gasteiger partial charge is 0.293 e. The maximum atomic E-state index is 12.8. The van der Waals surface area contributed by atoms with Crippen LogP contribution in [-0.4, -0.2) is 28.9 Å². The number of amides is 1. The predicted octanol–water partition coefficient (Wildman–Crippen LogP) is 4.63. The van der Waals surface area contributed by atoms with Gasteiger partial charge in [0.25, 0.3) is 11.6 Å². The van der Waals surface area contributed by atoms with Gasteiger partial charge in [-0.2, -0.15) is 0 Å². The SMILES string of the molecule is CC1CCN(c2ccc(C(=O)Nc3cccc4cnccc34)cc2[N+](=O)[O-])CC1. The van der Waals surface area contributed by atoms with Gasteiger partial charge in [0.1, 0.15) is 5.69 Å². The van der Waals surface area contributed by atoms with Crippen molar-refractivity contribution in [3.05, 3.63) is 70.5 Å². The molecule has 0 saturated carbocycles. The van der Waals surface area contributed by atoms with Crippen molar-refractivity contribution in [2.24, 2.45) is 5.92 Å². The van der Waals surface area contributed by atoms with E-state index in [4.69, 9.17) is 0 Å². The van der Waals surface area contributed by atoms with Gasteiger partial charge in [0.15, 0.2) is 0 Å². The number of nitrogens with one attached hydrogen (secondary N) is 1. The van der Waals surface area contributed by atoms with Gasteiger partial charge in [0, 0.05) is 53.6 Å². The van der Waals surface area contributed by atoms with E-state index in [0.29, 0.717) is 17.3 Å². The zero-order valence-corrected chi connectivity index (χ0v) is 16.2. The average molecular weight is 390 g/mol. The summed E-state index contributed by atoms with van der Waals surface area (Å²) in [5, 5.41) is 16.3. The number of nitro benzene ring substituents is 1. The zero-order valence-electron chi connectivity index (χ0n) is 16.2. The van der Waals surface area contributed by atoms with Gasteiger partial charge >= 0.3 is 0 Å². The molecule has 0 spiro atoms.